The average Bonchev–Trinajstić information content (AvgIpc) is 2.18. The molecule has 0 saturated carbocycles. The normalized spacial score (nSPS) is 10.9. The van der Waals surface area contributed by atoms with Crippen LogP contribution in [0.25, 0.3) is 0 Å². The molecule has 1 aromatic rings. The van der Waals surface area contributed by atoms with E-state index in [1.807, 2.05) is 0 Å². The van der Waals surface area contributed by atoms with Gasteiger partial charge in [0.15, 0.2) is 9.84 Å². The van der Waals surface area contributed by atoms with Gasteiger partial charge in [-0.2, -0.15) is 0 Å². The van der Waals surface area contributed by atoms with Gasteiger partial charge in [-0.15, -0.1) is 0 Å². The first-order valence-corrected chi connectivity index (χ1v) is 5.79. The lowest BCUT2D eigenvalue weighted by atomic mass is 10.3. The highest BCUT2D eigenvalue weighted by atomic mass is 32.2. The summed E-state index contributed by atoms with van der Waals surface area (Å²) < 4.78 is 23.4. The standard InChI is InChI=1S/C11H12O2S/c1-3-10(2)9-14(12,13)11-7-5-4-6-8-11/h3-8H,1-2,9H2. The maximum Gasteiger partial charge on any atom is 0.182 e. The third-order valence-electron chi connectivity index (χ3n) is 1.77. The van der Waals surface area contributed by atoms with Crippen LogP contribution in [-0.2, 0) is 9.84 Å². The Balaban J connectivity index is 2.98. The van der Waals surface area contributed by atoms with Crippen LogP contribution in [0, 0.1) is 0 Å². The topological polar surface area (TPSA) is 34.1 Å². The Kier molecular flexibility index (Phi) is 3.25. The molecule has 3 heteroatoms. The second-order valence-corrected chi connectivity index (χ2v) is 4.92. The van der Waals surface area contributed by atoms with Crippen molar-refractivity contribution in [1.29, 1.82) is 0 Å². The van der Waals surface area contributed by atoms with Gasteiger partial charge in [0.2, 0.25) is 0 Å². The SMILES string of the molecule is C=CC(=C)CS(=O)(=O)c1ccccc1. The van der Waals surface area contributed by atoms with Crippen molar-refractivity contribution in [3.63, 3.8) is 0 Å². The van der Waals surface area contributed by atoms with Gasteiger partial charge in [0.25, 0.3) is 0 Å². The monoisotopic (exact) mass is 208 g/mol. The Hall–Kier alpha value is -1.35. The molecule has 14 heavy (non-hydrogen) atoms. The molecule has 0 saturated heterocycles. The zero-order valence-corrected chi connectivity index (χ0v) is 8.63. The van der Waals surface area contributed by atoms with Gasteiger partial charge in [-0.05, 0) is 17.7 Å². The quantitative estimate of drug-likeness (QED) is 0.711. The van der Waals surface area contributed by atoms with E-state index in [-0.39, 0.29) is 5.75 Å². The third-order valence-corrected chi connectivity index (χ3v) is 3.51. The van der Waals surface area contributed by atoms with Crippen LogP contribution < -0.4 is 0 Å². The summed E-state index contributed by atoms with van der Waals surface area (Å²) in [5.41, 5.74) is 0.508. The van der Waals surface area contributed by atoms with Gasteiger partial charge in [0.05, 0.1) is 10.6 Å². The third kappa shape index (κ3) is 2.57. The smallest absolute Gasteiger partial charge is 0.182 e. The van der Waals surface area contributed by atoms with Crippen molar-refractivity contribution in [2.24, 2.45) is 0 Å². The van der Waals surface area contributed by atoms with Crippen molar-refractivity contribution in [2.75, 3.05) is 5.75 Å². The molecule has 74 valence electrons. The van der Waals surface area contributed by atoms with Gasteiger partial charge >= 0.3 is 0 Å². The van der Waals surface area contributed by atoms with E-state index >= 15 is 0 Å². The van der Waals surface area contributed by atoms with Crippen LogP contribution in [-0.4, -0.2) is 14.2 Å². The molecule has 0 aromatic heterocycles. The summed E-state index contributed by atoms with van der Waals surface area (Å²) in [5.74, 6) is -0.0689. The van der Waals surface area contributed by atoms with Crippen molar-refractivity contribution < 1.29 is 8.42 Å². The second kappa shape index (κ2) is 4.24. The molecule has 1 aromatic carbocycles. The first-order chi connectivity index (χ1) is 6.56. The summed E-state index contributed by atoms with van der Waals surface area (Å²) in [6.07, 6.45) is 1.46. The Morgan fingerprint density at radius 1 is 1.29 bits per heavy atom. The van der Waals surface area contributed by atoms with Crippen molar-refractivity contribution in [3.8, 4) is 0 Å². The number of hydrogen-bond acceptors (Lipinski definition) is 2. The number of benzene rings is 1. The van der Waals surface area contributed by atoms with Crippen LogP contribution in [0.1, 0.15) is 0 Å². The Morgan fingerprint density at radius 2 is 1.86 bits per heavy atom. The highest BCUT2D eigenvalue weighted by molar-refractivity contribution is 7.91. The van der Waals surface area contributed by atoms with Crippen molar-refractivity contribution in [1.82, 2.24) is 0 Å². The molecule has 0 aliphatic rings. The van der Waals surface area contributed by atoms with Gasteiger partial charge in [0, 0.05) is 0 Å². The number of rotatable bonds is 4. The Morgan fingerprint density at radius 3 is 2.36 bits per heavy atom. The van der Waals surface area contributed by atoms with Crippen LogP contribution in [0.5, 0.6) is 0 Å². The fraction of sp³-hybridized carbons (Fsp3) is 0.0909. The highest BCUT2D eigenvalue weighted by Gasteiger charge is 2.13. The van der Waals surface area contributed by atoms with E-state index in [0.717, 1.165) is 0 Å². The lowest BCUT2D eigenvalue weighted by Gasteiger charge is -2.03. The summed E-state index contributed by atoms with van der Waals surface area (Å²) in [6, 6.07) is 8.33. The van der Waals surface area contributed by atoms with Gasteiger partial charge in [-0.3, -0.25) is 0 Å². The van der Waals surface area contributed by atoms with Crippen LogP contribution in [0.3, 0.4) is 0 Å². The van der Waals surface area contributed by atoms with E-state index in [0.29, 0.717) is 10.5 Å². The predicted octanol–water partition coefficient (Wildman–Crippen LogP) is 2.20. The molecule has 0 atom stereocenters. The Labute approximate surface area is 84.5 Å². The molecule has 0 aliphatic carbocycles. The molecular weight excluding hydrogens is 196 g/mol. The summed E-state index contributed by atoms with van der Waals surface area (Å²) in [4.78, 5) is 0.322. The molecule has 0 fully saturated rings. The zero-order valence-electron chi connectivity index (χ0n) is 7.81. The van der Waals surface area contributed by atoms with Gasteiger partial charge in [0.1, 0.15) is 0 Å². The summed E-state index contributed by atoms with van der Waals surface area (Å²) in [5, 5.41) is 0. The van der Waals surface area contributed by atoms with Crippen molar-refractivity contribution in [3.05, 3.63) is 55.1 Å². The first kappa shape index (κ1) is 10.7. The molecule has 0 amide bonds. The number of hydrogen-bond donors (Lipinski definition) is 0. The number of allylic oxidation sites excluding steroid dienone is 1. The van der Waals surface area contributed by atoms with E-state index in [1.54, 1.807) is 30.3 Å². The Bertz CT molecular complexity index is 430. The second-order valence-electron chi connectivity index (χ2n) is 2.93. The molecule has 0 unspecified atom stereocenters. The van der Waals surface area contributed by atoms with Gasteiger partial charge in [-0.25, -0.2) is 8.42 Å². The summed E-state index contributed by atoms with van der Waals surface area (Å²) in [7, 11) is -3.24. The lowest BCUT2D eigenvalue weighted by Crippen LogP contribution is -2.07. The fourth-order valence-corrected chi connectivity index (χ4v) is 2.36. The molecule has 0 heterocycles. The lowest BCUT2D eigenvalue weighted by molar-refractivity contribution is 0.598. The fourth-order valence-electron chi connectivity index (χ4n) is 1.01. The average molecular weight is 208 g/mol. The first-order valence-electron chi connectivity index (χ1n) is 4.14. The summed E-state index contributed by atoms with van der Waals surface area (Å²) in [6.45, 7) is 7.06. The molecule has 0 N–H and O–H groups in total. The molecule has 0 radical (unpaired) electrons. The van der Waals surface area contributed by atoms with E-state index < -0.39 is 9.84 Å². The minimum Gasteiger partial charge on any atom is -0.223 e. The minimum atomic E-state index is -3.24. The van der Waals surface area contributed by atoms with Crippen molar-refractivity contribution >= 4 is 9.84 Å². The maximum absolute atomic E-state index is 11.7. The number of sulfone groups is 1. The van der Waals surface area contributed by atoms with Crippen LogP contribution in [0.4, 0.5) is 0 Å². The van der Waals surface area contributed by atoms with Crippen LogP contribution in [0.15, 0.2) is 60.0 Å². The van der Waals surface area contributed by atoms with E-state index in [9.17, 15) is 8.42 Å². The molecule has 1 rings (SSSR count). The maximum atomic E-state index is 11.7. The van der Waals surface area contributed by atoms with E-state index in [2.05, 4.69) is 13.2 Å². The van der Waals surface area contributed by atoms with Gasteiger partial charge < -0.3 is 0 Å². The van der Waals surface area contributed by atoms with Gasteiger partial charge in [-0.1, -0.05) is 37.4 Å². The molecule has 0 bridgehead atoms. The minimum absolute atomic E-state index is 0.0689. The predicted molar refractivity (Wildman–Crippen MR) is 57.8 cm³/mol. The molecule has 2 nitrogen and oxygen atoms in total. The van der Waals surface area contributed by atoms with Crippen molar-refractivity contribution in [2.45, 2.75) is 4.90 Å². The molecule has 0 aliphatic heterocycles. The van der Waals surface area contributed by atoms with Crippen LogP contribution >= 0.6 is 0 Å². The zero-order chi connectivity index (χ0) is 10.6. The highest BCUT2D eigenvalue weighted by Crippen LogP contribution is 2.12. The van der Waals surface area contributed by atoms with Crippen LogP contribution in [0.2, 0.25) is 0 Å². The van der Waals surface area contributed by atoms with E-state index in [4.69, 9.17) is 0 Å². The molecule has 0 spiro atoms. The van der Waals surface area contributed by atoms with E-state index in [1.165, 1.54) is 6.08 Å². The largest absolute Gasteiger partial charge is 0.223 e. The molecular formula is C11H12O2S. The summed E-state index contributed by atoms with van der Waals surface area (Å²) >= 11 is 0.